The zero-order valence-electron chi connectivity index (χ0n) is 10.2. The molecule has 0 aliphatic heterocycles. The maximum atomic E-state index is 12.9. The summed E-state index contributed by atoms with van der Waals surface area (Å²) in [6, 6.07) is 2.60. The van der Waals surface area contributed by atoms with E-state index in [0.29, 0.717) is 6.54 Å². The molecule has 1 amide bonds. The Hall–Kier alpha value is -1.11. The molecule has 2 rings (SSSR count). The van der Waals surface area contributed by atoms with Gasteiger partial charge in [-0.3, -0.25) is 4.79 Å². The first-order chi connectivity index (χ1) is 8.84. The Labute approximate surface area is 116 Å². The van der Waals surface area contributed by atoms with E-state index in [0.717, 1.165) is 12.8 Å². The van der Waals surface area contributed by atoms with Crippen molar-refractivity contribution < 1.29 is 18.0 Å². The number of alkyl halides is 3. The van der Waals surface area contributed by atoms with Crippen LogP contribution in [-0.4, -0.2) is 28.4 Å². The second kappa shape index (κ2) is 5.11. The first kappa shape index (κ1) is 14.3. The molecule has 0 spiro atoms. The van der Waals surface area contributed by atoms with Gasteiger partial charge in [-0.05, 0) is 47.8 Å². The summed E-state index contributed by atoms with van der Waals surface area (Å²) in [5, 5.41) is 0. The fourth-order valence-corrected chi connectivity index (χ4v) is 2.24. The smallest absolute Gasteiger partial charge is 0.336 e. The van der Waals surface area contributed by atoms with Gasteiger partial charge in [0.1, 0.15) is 4.60 Å². The third-order valence-corrected chi connectivity index (χ3v) is 3.39. The van der Waals surface area contributed by atoms with Crippen LogP contribution in [0.2, 0.25) is 0 Å². The molecule has 1 aliphatic rings. The van der Waals surface area contributed by atoms with E-state index < -0.39 is 17.8 Å². The summed E-state index contributed by atoms with van der Waals surface area (Å²) in [7, 11) is 0. The number of hydrogen-bond acceptors (Lipinski definition) is 2. The maximum Gasteiger partial charge on any atom is 0.434 e. The Morgan fingerprint density at radius 2 is 2.11 bits per heavy atom. The standard InChI is InChI=1S/C12H12BrF3N2O/c1-2-18(7-3-4-7)11(19)8-5-6-9(13)17-10(8)12(14,15)16/h5-7H,2-4H2,1H3. The van der Waals surface area contributed by atoms with Crippen molar-refractivity contribution in [3.8, 4) is 0 Å². The molecule has 1 fully saturated rings. The number of rotatable bonds is 3. The van der Waals surface area contributed by atoms with Gasteiger partial charge in [-0.15, -0.1) is 0 Å². The van der Waals surface area contributed by atoms with Crippen molar-refractivity contribution in [2.75, 3.05) is 6.54 Å². The summed E-state index contributed by atoms with van der Waals surface area (Å²) in [6.45, 7) is 2.16. The van der Waals surface area contributed by atoms with Gasteiger partial charge in [-0.2, -0.15) is 13.2 Å². The fourth-order valence-electron chi connectivity index (χ4n) is 1.93. The van der Waals surface area contributed by atoms with E-state index in [1.54, 1.807) is 6.92 Å². The van der Waals surface area contributed by atoms with E-state index in [2.05, 4.69) is 20.9 Å². The first-order valence-corrected chi connectivity index (χ1v) is 6.68. The second-order valence-electron chi connectivity index (χ2n) is 4.35. The molecule has 0 saturated heterocycles. The van der Waals surface area contributed by atoms with Gasteiger partial charge in [0.05, 0.1) is 5.56 Å². The monoisotopic (exact) mass is 336 g/mol. The van der Waals surface area contributed by atoms with E-state index >= 15 is 0 Å². The normalized spacial score (nSPS) is 15.4. The summed E-state index contributed by atoms with van der Waals surface area (Å²) < 4.78 is 38.8. The molecular weight excluding hydrogens is 325 g/mol. The average Bonchev–Trinajstić information content (AvgIpc) is 3.13. The molecule has 1 heterocycles. The quantitative estimate of drug-likeness (QED) is 0.791. The van der Waals surface area contributed by atoms with Crippen LogP contribution in [0.25, 0.3) is 0 Å². The van der Waals surface area contributed by atoms with Crippen LogP contribution in [0, 0.1) is 0 Å². The Balaban J connectivity index is 2.40. The van der Waals surface area contributed by atoms with Gasteiger partial charge in [0.2, 0.25) is 0 Å². The van der Waals surface area contributed by atoms with Gasteiger partial charge < -0.3 is 4.90 Å². The van der Waals surface area contributed by atoms with E-state index in [1.165, 1.54) is 17.0 Å². The summed E-state index contributed by atoms with van der Waals surface area (Å²) in [5.41, 5.74) is -1.52. The number of carbonyl (C=O) groups is 1. The van der Waals surface area contributed by atoms with Crippen LogP contribution >= 0.6 is 15.9 Å². The summed E-state index contributed by atoms with van der Waals surface area (Å²) in [4.78, 5) is 17.1. The molecule has 1 aliphatic carbocycles. The Kier molecular flexibility index (Phi) is 3.85. The molecule has 1 aromatic heterocycles. The molecule has 0 atom stereocenters. The highest BCUT2D eigenvalue weighted by Gasteiger charge is 2.40. The number of hydrogen-bond donors (Lipinski definition) is 0. The van der Waals surface area contributed by atoms with Crippen LogP contribution < -0.4 is 0 Å². The molecule has 3 nitrogen and oxygen atoms in total. The van der Waals surface area contributed by atoms with Crippen molar-refractivity contribution in [3.63, 3.8) is 0 Å². The minimum Gasteiger partial charge on any atom is -0.336 e. The van der Waals surface area contributed by atoms with Crippen molar-refractivity contribution in [1.29, 1.82) is 0 Å². The van der Waals surface area contributed by atoms with Crippen LogP contribution in [0.5, 0.6) is 0 Å². The van der Waals surface area contributed by atoms with Gasteiger partial charge in [0.15, 0.2) is 5.69 Å². The largest absolute Gasteiger partial charge is 0.434 e. The summed E-state index contributed by atoms with van der Waals surface area (Å²) in [6.07, 6.45) is -2.94. The number of amides is 1. The third kappa shape index (κ3) is 3.08. The lowest BCUT2D eigenvalue weighted by Crippen LogP contribution is -2.34. The molecule has 1 saturated carbocycles. The van der Waals surface area contributed by atoms with E-state index in [4.69, 9.17) is 0 Å². The molecule has 0 unspecified atom stereocenters. The lowest BCUT2D eigenvalue weighted by atomic mass is 10.1. The van der Waals surface area contributed by atoms with E-state index in [9.17, 15) is 18.0 Å². The minimum atomic E-state index is -4.64. The first-order valence-electron chi connectivity index (χ1n) is 5.89. The predicted molar refractivity (Wildman–Crippen MR) is 66.7 cm³/mol. The number of aromatic nitrogens is 1. The molecule has 0 N–H and O–H groups in total. The topological polar surface area (TPSA) is 33.2 Å². The van der Waals surface area contributed by atoms with Gasteiger partial charge in [-0.1, -0.05) is 0 Å². The SMILES string of the molecule is CCN(C(=O)c1ccc(Br)nc1C(F)(F)F)C1CC1. The summed E-state index contributed by atoms with van der Waals surface area (Å²) >= 11 is 2.90. The highest BCUT2D eigenvalue weighted by atomic mass is 79.9. The predicted octanol–water partition coefficient (Wildman–Crippen LogP) is 3.49. The van der Waals surface area contributed by atoms with E-state index in [-0.39, 0.29) is 16.2 Å². The third-order valence-electron chi connectivity index (χ3n) is 2.95. The van der Waals surface area contributed by atoms with Crippen LogP contribution in [0.15, 0.2) is 16.7 Å². The molecule has 1 aromatic rings. The van der Waals surface area contributed by atoms with Crippen molar-refractivity contribution in [2.45, 2.75) is 32.0 Å². The Morgan fingerprint density at radius 3 is 2.58 bits per heavy atom. The number of pyridine rings is 1. The van der Waals surface area contributed by atoms with Crippen LogP contribution in [0.3, 0.4) is 0 Å². The Bertz CT molecular complexity index is 500. The van der Waals surface area contributed by atoms with Crippen LogP contribution in [0.1, 0.15) is 35.8 Å². The minimum absolute atomic E-state index is 0.0610. The van der Waals surface area contributed by atoms with Gasteiger partial charge in [0.25, 0.3) is 5.91 Å². The summed E-state index contributed by atoms with van der Waals surface area (Å²) in [5.74, 6) is -0.600. The molecule has 7 heteroatoms. The van der Waals surface area contributed by atoms with E-state index in [1.807, 2.05) is 0 Å². The number of halogens is 4. The molecule has 104 valence electrons. The second-order valence-corrected chi connectivity index (χ2v) is 5.16. The lowest BCUT2D eigenvalue weighted by Gasteiger charge is -2.22. The molecule has 0 radical (unpaired) electrons. The maximum absolute atomic E-state index is 12.9. The highest BCUT2D eigenvalue weighted by molar-refractivity contribution is 9.10. The van der Waals surface area contributed by atoms with Crippen molar-refractivity contribution in [3.05, 3.63) is 28.0 Å². The van der Waals surface area contributed by atoms with Gasteiger partial charge >= 0.3 is 6.18 Å². The van der Waals surface area contributed by atoms with Gasteiger partial charge in [-0.25, -0.2) is 4.98 Å². The Morgan fingerprint density at radius 1 is 1.47 bits per heavy atom. The highest BCUT2D eigenvalue weighted by Crippen LogP contribution is 2.34. The molecule has 19 heavy (non-hydrogen) atoms. The fraction of sp³-hybridized carbons (Fsp3) is 0.500. The number of nitrogens with zero attached hydrogens (tertiary/aromatic N) is 2. The van der Waals surface area contributed by atoms with Crippen LogP contribution in [-0.2, 0) is 6.18 Å². The van der Waals surface area contributed by atoms with Crippen molar-refractivity contribution in [2.24, 2.45) is 0 Å². The average molecular weight is 337 g/mol. The van der Waals surface area contributed by atoms with Crippen molar-refractivity contribution in [1.82, 2.24) is 9.88 Å². The van der Waals surface area contributed by atoms with Crippen LogP contribution in [0.4, 0.5) is 13.2 Å². The number of carbonyl (C=O) groups excluding carboxylic acids is 1. The molecular formula is C12H12BrF3N2O. The zero-order chi connectivity index (χ0) is 14.2. The lowest BCUT2D eigenvalue weighted by molar-refractivity contribution is -0.141. The molecule has 0 aromatic carbocycles. The zero-order valence-corrected chi connectivity index (χ0v) is 11.8. The van der Waals surface area contributed by atoms with Crippen molar-refractivity contribution >= 4 is 21.8 Å². The van der Waals surface area contributed by atoms with Gasteiger partial charge in [0, 0.05) is 12.6 Å². The molecule has 0 bridgehead atoms.